The zero-order valence-electron chi connectivity index (χ0n) is 10.2. The predicted molar refractivity (Wildman–Crippen MR) is 75.7 cm³/mol. The Hall–Kier alpha value is -1.59. The van der Waals surface area contributed by atoms with Crippen LogP contribution in [0.5, 0.6) is 0 Å². The smallest absolute Gasteiger partial charge is 0.412 e. The minimum atomic E-state index is -1.21. The van der Waals surface area contributed by atoms with Crippen LogP contribution in [-0.2, 0) is 4.74 Å². The molecule has 1 N–H and O–H groups in total. The molecule has 0 saturated carbocycles. The molecule has 0 aliphatic rings. The fraction of sp³-hybridized carbons (Fsp3) is 0.167. The van der Waals surface area contributed by atoms with Crippen molar-refractivity contribution in [2.75, 3.05) is 6.61 Å². The van der Waals surface area contributed by atoms with Gasteiger partial charge >= 0.3 is 6.09 Å². The van der Waals surface area contributed by atoms with E-state index in [4.69, 9.17) is 5.26 Å². The van der Waals surface area contributed by atoms with Crippen LogP contribution >= 0.6 is 28.6 Å². The second-order valence-corrected chi connectivity index (χ2v) is 4.70. The van der Waals surface area contributed by atoms with Crippen LogP contribution in [0.15, 0.2) is 21.6 Å². The molecule has 0 unspecified atom stereocenters. The first-order valence-corrected chi connectivity index (χ1v) is 6.57. The third kappa shape index (κ3) is 3.71. The maximum Gasteiger partial charge on any atom is 0.412 e. The molecular weight excluding hydrogens is 354 g/mol. The van der Waals surface area contributed by atoms with Crippen molar-refractivity contribution in [2.45, 2.75) is 6.92 Å². The zero-order valence-corrected chi connectivity index (χ0v) is 12.7. The fourth-order valence-electron chi connectivity index (χ4n) is 1.31. The van der Waals surface area contributed by atoms with E-state index in [1.807, 2.05) is 0 Å². The third-order valence-electron chi connectivity index (χ3n) is 2.14. The molecule has 20 heavy (non-hydrogen) atoms. The second-order valence-electron chi connectivity index (χ2n) is 3.40. The Morgan fingerprint density at radius 1 is 1.55 bits per heavy atom. The number of nitriles is 1. The van der Waals surface area contributed by atoms with E-state index in [1.54, 1.807) is 13.0 Å². The van der Waals surface area contributed by atoms with Gasteiger partial charge in [0.2, 0.25) is 0 Å². The Balaban J connectivity index is 3.30. The number of amides is 1. The molecule has 1 aromatic rings. The molecule has 0 bridgehead atoms. The van der Waals surface area contributed by atoms with Crippen molar-refractivity contribution in [3.63, 3.8) is 0 Å². The van der Waals surface area contributed by atoms with E-state index in [0.717, 1.165) is 6.07 Å². The van der Waals surface area contributed by atoms with Gasteiger partial charge in [0.25, 0.3) is 0 Å². The highest BCUT2D eigenvalue weighted by molar-refractivity contribution is 9.10. The van der Waals surface area contributed by atoms with Crippen molar-refractivity contribution in [1.29, 1.82) is 5.26 Å². The second kappa shape index (κ2) is 7.26. The molecular formula is C12H9BrF2N2O2S. The number of hydrogen-bond acceptors (Lipinski definition) is 4. The van der Waals surface area contributed by atoms with E-state index in [-0.39, 0.29) is 27.2 Å². The molecule has 0 aliphatic carbocycles. The van der Waals surface area contributed by atoms with Crippen LogP contribution < -0.4 is 5.32 Å². The summed E-state index contributed by atoms with van der Waals surface area (Å²) in [4.78, 5) is 11.2. The minimum absolute atomic E-state index is 0.118. The monoisotopic (exact) mass is 362 g/mol. The summed E-state index contributed by atoms with van der Waals surface area (Å²) in [5.74, 6) is -2.33. The maximum atomic E-state index is 13.8. The van der Waals surface area contributed by atoms with Gasteiger partial charge in [0.15, 0.2) is 11.6 Å². The fourth-order valence-corrected chi connectivity index (χ4v) is 2.07. The third-order valence-corrected chi connectivity index (χ3v) is 3.13. The van der Waals surface area contributed by atoms with Gasteiger partial charge in [-0.15, -0.1) is 12.6 Å². The van der Waals surface area contributed by atoms with Crippen LogP contribution in [0.1, 0.15) is 12.5 Å². The Bertz CT molecular complexity index is 614. The SMILES string of the molecule is CCOC(=O)N/C(S)=C(\C#N)c1c(Br)ccc(F)c1F. The van der Waals surface area contributed by atoms with E-state index in [2.05, 4.69) is 38.6 Å². The van der Waals surface area contributed by atoms with E-state index in [0.29, 0.717) is 0 Å². The van der Waals surface area contributed by atoms with Crippen molar-refractivity contribution in [1.82, 2.24) is 5.32 Å². The molecule has 1 rings (SSSR count). The number of nitrogens with zero attached hydrogens (tertiary/aromatic N) is 1. The number of alkyl carbamates (subject to hydrolysis) is 1. The van der Waals surface area contributed by atoms with Crippen LogP contribution in [-0.4, -0.2) is 12.7 Å². The average molecular weight is 363 g/mol. The quantitative estimate of drug-likeness (QED) is 0.490. The highest BCUT2D eigenvalue weighted by atomic mass is 79.9. The lowest BCUT2D eigenvalue weighted by Gasteiger charge is -2.10. The summed E-state index contributed by atoms with van der Waals surface area (Å²) in [5.41, 5.74) is -0.653. The number of halogens is 3. The summed E-state index contributed by atoms with van der Waals surface area (Å²) in [6, 6.07) is 3.83. The molecule has 0 aromatic heterocycles. The van der Waals surface area contributed by atoms with Gasteiger partial charge < -0.3 is 4.74 Å². The number of carbonyl (C=O) groups is 1. The van der Waals surface area contributed by atoms with Gasteiger partial charge in [0, 0.05) is 10.0 Å². The van der Waals surface area contributed by atoms with Gasteiger partial charge in [0.05, 0.1) is 17.2 Å². The van der Waals surface area contributed by atoms with E-state index in [9.17, 15) is 13.6 Å². The lowest BCUT2D eigenvalue weighted by molar-refractivity contribution is 0.156. The van der Waals surface area contributed by atoms with Crippen LogP contribution in [0.4, 0.5) is 13.6 Å². The maximum absolute atomic E-state index is 13.8. The van der Waals surface area contributed by atoms with Crippen molar-refractivity contribution >= 4 is 40.2 Å². The number of nitrogens with one attached hydrogen (secondary N) is 1. The number of hydrogen-bond donors (Lipinski definition) is 2. The number of benzene rings is 1. The molecule has 4 nitrogen and oxygen atoms in total. The molecule has 106 valence electrons. The first-order chi connectivity index (χ1) is 9.42. The van der Waals surface area contributed by atoms with Crippen LogP contribution in [0.2, 0.25) is 0 Å². The average Bonchev–Trinajstić information content (AvgIpc) is 2.39. The number of thiol groups is 1. The number of carbonyl (C=O) groups excluding carboxylic acids is 1. The number of rotatable bonds is 3. The Morgan fingerprint density at radius 2 is 2.20 bits per heavy atom. The standard InChI is InChI=1S/C12H9BrF2N2O2S/c1-2-19-12(18)17-11(20)6(5-16)9-7(13)3-4-8(14)10(9)15/h3-4,20H,2H2,1H3,(H,17,18)/b11-6-. The summed E-state index contributed by atoms with van der Waals surface area (Å²) < 4.78 is 31.8. The van der Waals surface area contributed by atoms with Crippen molar-refractivity contribution < 1.29 is 18.3 Å². The Labute approximate surface area is 128 Å². The van der Waals surface area contributed by atoms with Crippen LogP contribution in [0, 0.1) is 23.0 Å². The van der Waals surface area contributed by atoms with Gasteiger partial charge in [-0.25, -0.2) is 13.6 Å². The van der Waals surface area contributed by atoms with Gasteiger partial charge in [-0.2, -0.15) is 5.26 Å². The largest absolute Gasteiger partial charge is 0.450 e. The topological polar surface area (TPSA) is 62.1 Å². The molecule has 0 radical (unpaired) electrons. The summed E-state index contributed by atoms with van der Waals surface area (Å²) in [5, 5.41) is 11.0. The zero-order chi connectivity index (χ0) is 15.3. The van der Waals surface area contributed by atoms with Gasteiger partial charge in [-0.3, -0.25) is 5.32 Å². The molecule has 1 amide bonds. The summed E-state index contributed by atoms with van der Waals surface area (Å²) >= 11 is 6.93. The van der Waals surface area contributed by atoms with Gasteiger partial charge in [0.1, 0.15) is 6.07 Å². The molecule has 0 saturated heterocycles. The van der Waals surface area contributed by atoms with E-state index >= 15 is 0 Å². The first-order valence-electron chi connectivity index (χ1n) is 5.33. The number of ether oxygens (including phenoxy) is 1. The molecule has 0 heterocycles. The lowest BCUT2D eigenvalue weighted by atomic mass is 10.1. The van der Waals surface area contributed by atoms with Crippen LogP contribution in [0.3, 0.4) is 0 Å². The molecule has 0 atom stereocenters. The molecule has 0 spiro atoms. The van der Waals surface area contributed by atoms with Crippen molar-refractivity contribution in [3.05, 3.63) is 38.8 Å². The normalized spacial score (nSPS) is 11.4. The van der Waals surface area contributed by atoms with Gasteiger partial charge in [-0.1, -0.05) is 15.9 Å². The summed E-state index contributed by atoms with van der Waals surface area (Å²) in [7, 11) is 0. The first kappa shape index (κ1) is 16.5. The lowest BCUT2D eigenvalue weighted by Crippen LogP contribution is -2.22. The summed E-state index contributed by atoms with van der Waals surface area (Å²) in [6.07, 6.45) is -0.849. The number of allylic oxidation sites excluding steroid dienone is 1. The molecule has 0 fully saturated rings. The highest BCUT2D eigenvalue weighted by Gasteiger charge is 2.19. The van der Waals surface area contributed by atoms with Crippen molar-refractivity contribution in [3.8, 4) is 6.07 Å². The van der Waals surface area contributed by atoms with E-state index in [1.165, 1.54) is 6.07 Å². The summed E-state index contributed by atoms with van der Waals surface area (Å²) in [6.45, 7) is 1.71. The van der Waals surface area contributed by atoms with E-state index < -0.39 is 17.7 Å². The Morgan fingerprint density at radius 3 is 2.75 bits per heavy atom. The Kier molecular flexibility index (Phi) is 5.98. The van der Waals surface area contributed by atoms with Crippen LogP contribution in [0.25, 0.3) is 5.57 Å². The molecule has 8 heteroatoms. The minimum Gasteiger partial charge on any atom is -0.450 e. The molecule has 1 aromatic carbocycles. The van der Waals surface area contributed by atoms with Gasteiger partial charge in [-0.05, 0) is 19.1 Å². The van der Waals surface area contributed by atoms with Crippen molar-refractivity contribution in [2.24, 2.45) is 0 Å². The molecule has 0 aliphatic heterocycles. The highest BCUT2D eigenvalue weighted by Crippen LogP contribution is 2.30. The predicted octanol–water partition coefficient (Wildman–Crippen LogP) is 3.60.